The van der Waals surface area contributed by atoms with Gasteiger partial charge in [-0.25, -0.2) is 4.39 Å². The van der Waals surface area contributed by atoms with Crippen LogP contribution in [0.5, 0.6) is 5.75 Å². The largest absolute Gasteiger partial charge is 0.488 e. The van der Waals surface area contributed by atoms with Crippen LogP contribution < -0.4 is 10.1 Å². The van der Waals surface area contributed by atoms with Gasteiger partial charge in [0.05, 0.1) is 5.02 Å². The molecule has 0 bridgehead atoms. The molecule has 0 spiro atoms. The van der Waals surface area contributed by atoms with E-state index in [2.05, 4.69) is 40.2 Å². The van der Waals surface area contributed by atoms with Crippen molar-refractivity contribution in [2.75, 3.05) is 27.2 Å². The summed E-state index contributed by atoms with van der Waals surface area (Å²) in [6, 6.07) is 10.4. The van der Waals surface area contributed by atoms with Crippen molar-refractivity contribution in [3.05, 3.63) is 62.8 Å². The molecule has 136 valence electrons. The maximum Gasteiger partial charge on any atom is 0.131 e. The van der Waals surface area contributed by atoms with Gasteiger partial charge in [0, 0.05) is 22.1 Å². The van der Waals surface area contributed by atoms with Gasteiger partial charge in [0.1, 0.15) is 18.2 Å². The van der Waals surface area contributed by atoms with Crippen molar-refractivity contribution in [1.82, 2.24) is 10.2 Å². The lowest BCUT2D eigenvalue weighted by Gasteiger charge is -2.14. The summed E-state index contributed by atoms with van der Waals surface area (Å²) in [5, 5.41) is 3.79. The van der Waals surface area contributed by atoms with Crippen molar-refractivity contribution in [1.29, 1.82) is 0 Å². The highest BCUT2D eigenvalue weighted by molar-refractivity contribution is 9.10. The predicted molar refractivity (Wildman–Crippen MR) is 105 cm³/mol. The van der Waals surface area contributed by atoms with Crippen LogP contribution in [0.1, 0.15) is 17.5 Å². The highest BCUT2D eigenvalue weighted by atomic mass is 79.9. The van der Waals surface area contributed by atoms with Crippen LogP contribution in [0.25, 0.3) is 0 Å². The van der Waals surface area contributed by atoms with E-state index in [1.165, 1.54) is 6.07 Å². The lowest BCUT2D eigenvalue weighted by molar-refractivity contribution is 0.296. The molecule has 0 amide bonds. The van der Waals surface area contributed by atoms with Gasteiger partial charge in [-0.05, 0) is 63.9 Å². The fourth-order valence-corrected chi connectivity index (χ4v) is 3.02. The number of nitrogens with zero attached hydrogens (tertiary/aromatic N) is 1. The minimum Gasteiger partial charge on any atom is -0.488 e. The number of nitrogens with one attached hydrogen (secondary N) is 1. The Morgan fingerprint density at radius 2 is 2.04 bits per heavy atom. The van der Waals surface area contributed by atoms with E-state index in [1.807, 2.05) is 18.2 Å². The quantitative estimate of drug-likeness (QED) is 0.576. The highest BCUT2D eigenvalue weighted by Crippen LogP contribution is 2.26. The van der Waals surface area contributed by atoms with E-state index in [4.69, 9.17) is 16.3 Å². The lowest BCUT2D eigenvalue weighted by Crippen LogP contribution is -2.21. The van der Waals surface area contributed by atoms with Gasteiger partial charge in [0.2, 0.25) is 0 Å². The summed E-state index contributed by atoms with van der Waals surface area (Å²) >= 11 is 9.55. The molecule has 6 heteroatoms. The molecule has 3 nitrogen and oxygen atoms in total. The summed E-state index contributed by atoms with van der Waals surface area (Å²) in [5.41, 5.74) is 1.39. The molecule has 0 aliphatic carbocycles. The second-order valence-electron chi connectivity index (χ2n) is 6.07. The van der Waals surface area contributed by atoms with Crippen molar-refractivity contribution in [2.45, 2.75) is 19.6 Å². The normalized spacial score (nSPS) is 11.1. The molecular formula is C19H23BrClFN2O. The Morgan fingerprint density at radius 3 is 2.76 bits per heavy atom. The molecule has 0 saturated carbocycles. The van der Waals surface area contributed by atoms with Crippen molar-refractivity contribution in [3.63, 3.8) is 0 Å². The molecule has 2 rings (SSSR count). The second-order valence-corrected chi connectivity index (χ2v) is 7.40. The molecular weight excluding hydrogens is 407 g/mol. The number of rotatable bonds is 9. The van der Waals surface area contributed by atoms with E-state index in [0.29, 0.717) is 17.1 Å². The molecule has 0 aromatic heterocycles. The molecule has 0 unspecified atom stereocenters. The second kappa shape index (κ2) is 10.1. The SMILES string of the molecule is CN(C)CCCNCc1cc(Br)ccc1OCc1c(F)cccc1Cl. The van der Waals surface area contributed by atoms with Gasteiger partial charge >= 0.3 is 0 Å². The van der Waals surface area contributed by atoms with E-state index in [0.717, 1.165) is 35.3 Å². The molecule has 2 aromatic rings. The van der Waals surface area contributed by atoms with Gasteiger partial charge in [0.15, 0.2) is 0 Å². The monoisotopic (exact) mass is 428 g/mol. The molecule has 25 heavy (non-hydrogen) atoms. The molecule has 0 saturated heterocycles. The topological polar surface area (TPSA) is 24.5 Å². The van der Waals surface area contributed by atoms with E-state index < -0.39 is 0 Å². The standard InChI is InChI=1S/C19H23BrClFN2O/c1-24(2)10-4-9-23-12-14-11-15(20)7-8-19(14)25-13-16-17(21)5-3-6-18(16)22/h3,5-8,11,23H,4,9-10,12-13H2,1-2H3. The number of hydrogen-bond acceptors (Lipinski definition) is 3. The zero-order chi connectivity index (χ0) is 18.2. The summed E-state index contributed by atoms with van der Waals surface area (Å²) in [6.07, 6.45) is 1.07. The Kier molecular flexibility index (Phi) is 8.16. The summed E-state index contributed by atoms with van der Waals surface area (Å²) in [7, 11) is 4.13. The molecule has 2 aromatic carbocycles. The van der Waals surface area contributed by atoms with Crippen LogP contribution >= 0.6 is 27.5 Å². The maximum absolute atomic E-state index is 13.9. The van der Waals surface area contributed by atoms with Crippen molar-refractivity contribution < 1.29 is 9.13 Å². The third-order valence-corrected chi connectivity index (χ3v) is 4.58. The molecule has 0 heterocycles. The van der Waals surface area contributed by atoms with Crippen LogP contribution in [-0.2, 0) is 13.2 Å². The Hall–Kier alpha value is -1.14. The van der Waals surface area contributed by atoms with Crippen LogP contribution in [0.4, 0.5) is 4.39 Å². The summed E-state index contributed by atoms with van der Waals surface area (Å²) in [6.45, 7) is 2.75. The maximum atomic E-state index is 13.9. The zero-order valence-corrected chi connectivity index (χ0v) is 16.8. The number of benzene rings is 2. The number of ether oxygens (including phenoxy) is 1. The molecule has 0 fully saturated rings. The van der Waals surface area contributed by atoms with Crippen LogP contribution in [0.15, 0.2) is 40.9 Å². The minimum absolute atomic E-state index is 0.0980. The first-order chi connectivity index (χ1) is 12.0. The first kappa shape index (κ1) is 20.2. The lowest BCUT2D eigenvalue weighted by atomic mass is 10.2. The van der Waals surface area contributed by atoms with Crippen LogP contribution in [0, 0.1) is 5.82 Å². The van der Waals surface area contributed by atoms with Crippen molar-refractivity contribution >= 4 is 27.5 Å². The predicted octanol–water partition coefficient (Wildman–Crippen LogP) is 4.86. The molecule has 0 aliphatic rings. The minimum atomic E-state index is -0.354. The first-order valence-corrected chi connectivity index (χ1v) is 9.34. The van der Waals surface area contributed by atoms with Crippen molar-refractivity contribution in [3.8, 4) is 5.75 Å². The van der Waals surface area contributed by atoms with E-state index in [9.17, 15) is 4.39 Å². The van der Waals surface area contributed by atoms with E-state index in [-0.39, 0.29) is 12.4 Å². The van der Waals surface area contributed by atoms with Crippen LogP contribution in [-0.4, -0.2) is 32.1 Å². The molecule has 1 N–H and O–H groups in total. The van der Waals surface area contributed by atoms with Crippen molar-refractivity contribution in [2.24, 2.45) is 0 Å². The zero-order valence-electron chi connectivity index (χ0n) is 14.5. The summed E-state index contributed by atoms with van der Waals surface area (Å²) in [4.78, 5) is 2.16. The van der Waals surface area contributed by atoms with Gasteiger partial charge in [-0.15, -0.1) is 0 Å². The van der Waals surface area contributed by atoms with Gasteiger partial charge in [-0.2, -0.15) is 0 Å². The third-order valence-electron chi connectivity index (χ3n) is 3.73. The number of halogens is 3. The van der Waals surface area contributed by atoms with Crippen LogP contribution in [0.2, 0.25) is 5.02 Å². The average molecular weight is 430 g/mol. The fraction of sp³-hybridized carbons (Fsp3) is 0.368. The van der Waals surface area contributed by atoms with Gasteiger partial charge in [0.25, 0.3) is 0 Å². The molecule has 0 atom stereocenters. The Balaban J connectivity index is 1.98. The van der Waals surface area contributed by atoms with Gasteiger partial charge in [-0.1, -0.05) is 33.6 Å². The molecule has 0 aliphatic heterocycles. The smallest absolute Gasteiger partial charge is 0.131 e. The third kappa shape index (κ3) is 6.59. The molecule has 0 radical (unpaired) electrons. The fourth-order valence-electron chi connectivity index (χ4n) is 2.39. The highest BCUT2D eigenvalue weighted by Gasteiger charge is 2.10. The van der Waals surface area contributed by atoms with E-state index in [1.54, 1.807) is 12.1 Å². The van der Waals surface area contributed by atoms with Crippen LogP contribution in [0.3, 0.4) is 0 Å². The number of hydrogen-bond donors (Lipinski definition) is 1. The van der Waals surface area contributed by atoms with Gasteiger partial charge < -0.3 is 15.0 Å². The Labute approximate surface area is 162 Å². The Morgan fingerprint density at radius 1 is 1.24 bits per heavy atom. The van der Waals surface area contributed by atoms with E-state index >= 15 is 0 Å². The summed E-state index contributed by atoms with van der Waals surface area (Å²) < 4.78 is 20.7. The average Bonchev–Trinajstić information content (AvgIpc) is 2.55. The Bertz CT molecular complexity index is 677. The van der Waals surface area contributed by atoms with Gasteiger partial charge in [-0.3, -0.25) is 0 Å². The first-order valence-electron chi connectivity index (χ1n) is 8.17. The summed E-state index contributed by atoms with van der Waals surface area (Å²) in [5.74, 6) is 0.371.